The van der Waals surface area contributed by atoms with Gasteiger partial charge in [0.15, 0.2) is 11.6 Å². The molecule has 0 bridgehead atoms. The molecule has 3 heterocycles. The molecule has 1 aliphatic heterocycles. The quantitative estimate of drug-likeness (QED) is 0.703. The molecule has 0 saturated carbocycles. The van der Waals surface area contributed by atoms with E-state index in [0.29, 0.717) is 49.0 Å². The molecule has 0 aliphatic carbocycles. The van der Waals surface area contributed by atoms with Gasteiger partial charge in [0.25, 0.3) is 5.91 Å². The predicted molar refractivity (Wildman–Crippen MR) is 108 cm³/mol. The molecule has 10 heteroatoms. The van der Waals surface area contributed by atoms with Crippen LogP contribution >= 0.6 is 11.8 Å². The summed E-state index contributed by atoms with van der Waals surface area (Å²) < 4.78 is 10.2. The first-order chi connectivity index (χ1) is 13.9. The average molecular weight is 420 g/mol. The van der Waals surface area contributed by atoms with E-state index in [9.17, 15) is 14.4 Å². The third-order valence-electron chi connectivity index (χ3n) is 4.50. The van der Waals surface area contributed by atoms with Crippen molar-refractivity contribution >= 4 is 35.3 Å². The number of furan rings is 1. The molecular weight excluding hydrogens is 396 g/mol. The molecule has 0 aromatic carbocycles. The number of nitrogens with zero attached hydrogens (tertiary/aromatic N) is 2. The number of carbonyl (C=O) groups excluding carboxylic acids is 3. The molecule has 2 N–H and O–H groups in total. The van der Waals surface area contributed by atoms with Gasteiger partial charge in [-0.3, -0.25) is 14.4 Å². The third kappa shape index (κ3) is 6.11. The van der Waals surface area contributed by atoms with Crippen LogP contribution in [0, 0.1) is 13.8 Å². The topological polar surface area (TPSA) is 118 Å². The maximum absolute atomic E-state index is 12.3. The standard InChI is InChI=1S/C19H24N4O5S/c1-12-3-4-15(27-12)19(26)20-14-5-7-23(8-6-14)18(25)11-29-10-17(24)21-16-9-13(2)28-22-16/h3-4,9,14H,5-8,10-11H2,1-2H3,(H,20,26)(H,21,22,24). The Morgan fingerprint density at radius 2 is 1.93 bits per heavy atom. The van der Waals surface area contributed by atoms with Crippen LogP contribution in [0.25, 0.3) is 0 Å². The number of anilines is 1. The van der Waals surface area contributed by atoms with Gasteiger partial charge in [0.2, 0.25) is 11.8 Å². The zero-order valence-corrected chi connectivity index (χ0v) is 17.2. The molecule has 9 nitrogen and oxygen atoms in total. The number of carbonyl (C=O) groups is 3. The number of aryl methyl sites for hydroxylation is 2. The zero-order valence-electron chi connectivity index (χ0n) is 16.4. The summed E-state index contributed by atoms with van der Waals surface area (Å²) in [7, 11) is 0. The van der Waals surface area contributed by atoms with Crippen LogP contribution in [0.3, 0.4) is 0 Å². The molecular formula is C19H24N4O5S. The van der Waals surface area contributed by atoms with Crippen molar-refractivity contribution in [3.05, 3.63) is 35.5 Å². The van der Waals surface area contributed by atoms with E-state index in [1.807, 2.05) is 0 Å². The van der Waals surface area contributed by atoms with Crippen molar-refractivity contribution < 1.29 is 23.3 Å². The zero-order chi connectivity index (χ0) is 20.8. The van der Waals surface area contributed by atoms with E-state index < -0.39 is 0 Å². The number of piperidine rings is 1. The normalized spacial score (nSPS) is 14.6. The van der Waals surface area contributed by atoms with Crippen LogP contribution in [0.5, 0.6) is 0 Å². The van der Waals surface area contributed by atoms with Gasteiger partial charge in [0.1, 0.15) is 11.5 Å². The van der Waals surface area contributed by atoms with Crippen molar-refractivity contribution in [2.75, 3.05) is 29.9 Å². The summed E-state index contributed by atoms with van der Waals surface area (Å²) in [6, 6.07) is 5.05. The largest absolute Gasteiger partial charge is 0.456 e. The van der Waals surface area contributed by atoms with E-state index in [1.165, 1.54) is 11.8 Å². The lowest BCUT2D eigenvalue weighted by atomic mass is 10.0. The SMILES string of the molecule is Cc1cc(NC(=O)CSCC(=O)N2CCC(NC(=O)c3ccc(C)o3)CC2)no1. The maximum atomic E-state index is 12.3. The number of hydrogen-bond donors (Lipinski definition) is 2. The van der Waals surface area contributed by atoms with Crippen LogP contribution < -0.4 is 10.6 Å². The molecule has 1 fully saturated rings. The van der Waals surface area contributed by atoms with Crippen molar-refractivity contribution in [3.8, 4) is 0 Å². The second kappa shape index (κ2) is 9.64. The van der Waals surface area contributed by atoms with Crippen molar-refractivity contribution in [2.24, 2.45) is 0 Å². The number of likely N-dealkylation sites (tertiary alicyclic amines) is 1. The molecule has 1 aliphatic rings. The lowest BCUT2D eigenvalue weighted by Crippen LogP contribution is -2.47. The number of nitrogens with one attached hydrogen (secondary N) is 2. The monoisotopic (exact) mass is 420 g/mol. The number of aromatic nitrogens is 1. The molecule has 0 atom stereocenters. The van der Waals surface area contributed by atoms with E-state index in [-0.39, 0.29) is 35.3 Å². The number of hydrogen-bond acceptors (Lipinski definition) is 7. The molecule has 0 unspecified atom stereocenters. The fraction of sp³-hybridized carbons (Fsp3) is 0.474. The van der Waals surface area contributed by atoms with E-state index in [4.69, 9.17) is 8.94 Å². The molecule has 0 spiro atoms. The molecule has 3 rings (SSSR count). The van der Waals surface area contributed by atoms with Gasteiger partial charge in [-0.15, -0.1) is 11.8 Å². The Labute approximate surface area is 172 Å². The summed E-state index contributed by atoms with van der Waals surface area (Å²) in [6.07, 6.45) is 1.38. The van der Waals surface area contributed by atoms with Gasteiger partial charge in [-0.25, -0.2) is 0 Å². The second-order valence-corrected chi connectivity index (χ2v) is 7.89. The molecule has 1 saturated heterocycles. The molecule has 2 aromatic rings. The highest BCUT2D eigenvalue weighted by atomic mass is 32.2. The molecule has 2 aromatic heterocycles. The number of rotatable bonds is 7. The minimum absolute atomic E-state index is 0.00786. The smallest absolute Gasteiger partial charge is 0.287 e. The van der Waals surface area contributed by atoms with Crippen LogP contribution in [0.4, 0.5) is 5.82 Å². The van der Waals surface area contributed by atoms with Crippen LogP contribution in [0.2, 0.25) is 0 Å². The van der Waals surface area contributed by atoms with Crippen LogP contribution in [-0.4, -0.2) is 58.4 Å². The number of thioether (sulfide) groups is 1. The van der Waals surface area contributed by atoms with E-state index in [1.54, 1.807) is 36.9 Å². The fourth-order valence-corrected chi connectivity index (χ4v) is 3.73. The van der Waals surface area contributed by atoms with E-state index in [2.05, 4.69) is 15.8 Å². The lowest BCUT2D eigenvalue weighted by Gasteiger charge is -2.32. The summed E-state index contributed by atoms with van der Waals surface area (Å²) in [5, 5.41) is 9.26. The summed E-state index contributed by atoms with van der Waals surface area (Å²) in [5.41, 5.74) is 0. The highest BCUT2D eigenvalue weighted by Gasteiger charge is 2.25. The summed E-state index contributed by atoms with van der Waals surface area (Å²) in [5.74, 6) is 1.90. The third-order valence-corrected chi connectivity index (χ3v) is 5.42. The van der Waals surface area contributed by atoms with Crippen molar-refractivity contribution in [2.45, 2.75) is 32.7 Å². The number of amides is 3. The highest BCUT2D eigenvalue weighted by Crippen LogP contribution is 2.15. The van der Waals surface area contributed by atoms with E-state index in [0.717, 1.165) is 0 Å². The molecule has 0 radical (unpaired) electrons. The Balaban J connectivity index is 1.33. The van der Waals surface area contributed by atoms with Gasteiger partial charge >= 0.3 is 0 Å². The van der Waals surface area contributed by atoms with Gasteiger partial charge in [0.05, 0.1) is 11.5 Å². The second-order valence-electron chi connectivity index (χ2n) is 6.90. The van der Waals surface area contributed by atoms with Gasteiger partial charge in [-0.2, -0.15) is 0 Å². The van der Waals surface area contributed by atoms with E-state index >= 15 is 0 Å². The van der Waals surface area contributed by atoms with Crippen molar-refractivity contribution in [1.82, 2.24) is 15.4 Å². The maximum Gasteiger partial charge on any atom is 0.287 e. The predicted octanol–water partition coefficient (Wildman–Crippen LogP) is 1.98. The Hall–Kier alpha value is -2.75. The Bertz CT molecular complexity index is 870. The van der Waals surface area contributed by atoms with Gasteiger partial charge in [-0.05, 0) is 38.8 Å². The van der Waals surface area contributed by atoms with Crippen LogP contribution in [-0.2, 0) is 9.59 Å². The molecule has 3 amide bonds. The van der Waals surface area contributed by atoms with Gasteiger partial charge < -0.3 is 24.5 Å². The van der Waals surface area contributed by atoms with Crippen LogP contribution in [0.15, 0.2) is 27.1 Å². The minimum Gasteiger partial charge on any atom is -0.456 e. The van der Waals surface area contributed by atoms with Gasteiger partial charge in [0, 0.05) is 25.2 Å². The van der Waals surface area contributed by atoms with Gasteiger partial charge in [-0.1, -0.05) is 5.16 Å². The van der Waals surface area contributed by atoms with Crippen LogP contribution in [0.1, 0.15) is 34.9 Å². The first kappa shape index (κ1) is 21.0. The first-order valence-electron chi connectivity index (χ1n) is 9.36. The molecule has 156 valence electrons. The van der Waals surface area contributed by atoms with Crippen molar-refractivity contribution in [3.63, 3.8) is 0 Å². The Morgan fingerprint density at radius 3 is 2.55 bits per heavy atom. The Kier molecular flexibility index (Phi) is 6.97. The minimum atomic E-state index is -0.231. The molecule has 29 heavy (non-hydrogen) atoms. The Morgan fingerprint density at radius 1 is 1.17 bits per heavy atom. The average Bonchev–Trinajstić information content (AvgIpc) is 3.30. The summed E-state index contributed by atoms with van der Waals surface area (Å²) in [4.78, 5) is 38.1. The summed E-state index contributed by atoms with van der Waals surface area (Å²) >= 11 is 1.26. The van der Waals surface area contributed by atoms with Crippen molar-refractivity contribution in [1.29, 1.82) is 0 Å². The lowest BCUT2D eigenvalue weighted by molar-refractivity contribution is -0.129. The first-order valence-corrected chi connectivity index (χ1v) is 10.5. The highest BCUT2D eigenvalue weighted by molar-refractivity contribution is 8.00. The summed E-state index contributed by atoms with van der Waals surface area (Å²) in [6.45, 7) is 4.68. The fourth-order valence-electron chi connectivity index (χ4n) is 3.01.